The molecule has 2 heterocycles. The molecule has 0 radical (unpaired) electrons. The number of piperidine rings is 1. The number of carbonyl (C=O) groups excluding carboxylic acids is 3. The Bertz CT molecular complexity index is 717. The monoisotopic (exact) mass is 385 g/mol. The lowest BCUT2D eigenvalue weighted by molar-refractivity contribution is -0.920. The second-order valence-corrected chi connectivity index (χ2v) is 7.19. The average molecular weight is 386 g/mol. The summed E-state index contributed by atoms with van der Waals surface area (Å²) < 4.78 is 4.78. The Labute approximate surface area is 155 Å². The Hall–Kier alpha value is -1.63. The summed E-state index contributed by atoms with van der Waals surface area (Å²) in [6.07, 6.45) is 1.48. The van der Waals surface area contributed by atoms with E-state index in [0.717, 1.165) is 4.90 Å². The van der Waals surface area contributed by atoms with Gasteiger partial charge in [-0.25, -0.2) is 4.90 Å². The van der Waals surface area contributed by atoms with Crippen molar-refractivity contribution in [3.8, 4) is 0 Å². The van der Waals surface area contributed by atoms with Gasteiger partial charge in [0, 0.05) is 12.8 Å². The highest BCUT2D eigenvalue weighted by molar-refractivity contribution is 6.42. The number of carbonyl (C=O) groups is 3. The van der Waals surface area contributed by atoms with Gasteiger partial charge in [0.25, 0.3) is 5.91 Å². The van der Waals surface area contributed by atoms with Crippen LogP contribution in [0.2, 0.25) is 10.0 Å². The van der Waals surface area contributed by atoms with Gasteiger partial charge in [0.15, 0.2) is 6.04 Å². The molecule has 25 heavy (non-hydrogen) atoms. The Kier molecular flexibility index (Phi) is 5.32. The highest BCUT2D eigenvalue weighted by Crippen LogP contribution is 2.30. The number of ether oxygens (including phenoxy) is 1. The molecule has 0 saturated carbocycles. The maximum Gasteiger partial charge on any atom is 0.309 e. The van der Waals surface area contributed by atoms with Gasteiger partial charge in [0.1, 0.15) is 0 Å². The molecule has 0 bridgehead atoms. The minimum atomic E-state index is -0.416. The number of methoxy groups -OCH3 is 1. The number of benzene rings is 1. The van der Waals surface area contributed by atoms with Crippen LogP contribution in [0.25, 0.3) is 0 Å². The van der Waals surface area contributed by atoms with Crippen molar-refractivity contribution in [1.82, 2.24) is 0 Å². The average Bonchev–Trinajstić information content (AvgIpc) is 2.91. The van der Waals surface area contributed by atoms with E-state index in [9.17, 15) is 14.4 Å². The zero-order valence-electron chi connectivity index (χ0n) is 13.8. The van der Waals surface area contributed by atoms with Gasteiger partial charge >= 0.3 is 5.97 Å². The lowest BCUT2D eigenvalue weighted by Gasteiger charge is -2.30. The molecule has 0 spiro atoms. The van der Waals surface area contributed by atoms with Gasteiger partial charge in [-0.1, -0.05) is 23.2 Å². The molecule has 134 valence electrons. The minimum absolute atomic E-state index is 0.118. The molecule has 0 unspecified atom stereocenters. The molecule has 0 aromatic heterocycles. The molecule has 2 aliphatic rings. The van der Waals surface area contributed by atoms with Crippen molar-refractivity contribution >= 4 is 46.7 Å². The minimum Gasteiger partial charge on any atom is -0.469 e. The molecule has 2 amide bonds. The third kappa shape index (κ3) is 3.52. The van der Waals surface area contributed by atoms with E-state index in [2.05, 4.69) is 0 Å². The van der Waals surface area contributed by atoms with E-state index in [0.29, 0.717) is 41.7 Å². The molecule has 0 aliphatic carbocycles. The maximum absolute atomic E-state index is 12.8. The molecular weight excluding hydrogens is 367 g/mol. The molecule has 8 heteroatoms. The first-order valence-corrected chi connectivity index (χ1v) is 8.92. The van der Waals surface area contributed by atoms with Crippen molar-refractivity contribution in [3.05, 3.63) is 28.2 Å². The van der Waals surface area contributed by atoms with Crippen LogP contribution < -0.4 is 9.80 Å². The van der Waals surface area contributed by atoms with Gasteiger partial charge in [-0.15, -0.1) is 0 Å². The number of esters is 1. The van der Waals surface area contributed by atoms with Crippen LogP contribution in [0.1, 0.15) is 19.3 Å². The molecule has 1 N–H and O–H groups in total. The van der Waals surface area contributed by atoms with Crippen LogP contribution in [-0.2, 0) is 19.1 Å². The van der Waals surface area contributed by atoms with Crippen molar-refractivity contribution in [2.75, 3.05) is 25.1 Å². The number of likely N-dealkylation sites (tertiary alicyclic amines) is 1. The maximum atomic E-state index is 12.8. The molecule has 3 rings (SSSR count). The molecule has 6 nitrogen and oxygen atoms in total. The third-order valence-corrected chi connectivity index (χ3v) is 5.70. The molecule has 1 aromatic rings. The Morgan fingerprint density at radius 3 is 2.48 bits per heavy atom. The fraction of sp³-hybridized carbons (Fsp3) is 0.471. The number of quaternary nitrogens is 1. The second kappa shape index (κ2) is 7.32. The predicted octanol–water partition coefficient (Wildman–Crippen LogP) is 1.09. The lowest BCUT2D eigenvalue weighted by Crippen LogP contribution is -3.17. The third-order valence-electron chi connectivity index (χ3n) is 4.96. The summed E-state index contributed by atoms with van der Waals surface area (Å²) in [4.78, 5) is 39.0. The van der Waals surface area contributed by atoms with Crippen LogP contribution in [0.5, 0.6) is 0 Å². The van der Waals surface area contributed by atoms with E-state index >= 15 is 0 Å². The Morgan fingerprint density at radius 2 is 1.88 bits per heavy atom. The van der Waals surface area contributed by atoms with Gasteiger partial charge in [-0.2, -0.15) is 0 Å². The Balaban J connectivity index is 1.71. The predicted molar refractivity (Wildman–Crippen MR) is 92.8 cm³/mol. The van der Waals surface area contributed by atoms with Crippen LogP contribution in [0.3, 0.4) is 0 Å². The first-order chi connectivity index (χ1) is 11.9. The standard InChI is InChI=1S/C17H18Cl2N2O4/c1-25-17(24)10-4-6-20(7-5-10)14-9-15(22)21(16(14)23)11-2-3-12(18)13(19)8-11/h2-3,8,10,14H,4-7,9H2,1H3/p+1/t14-/m0/s1. The van der Waals surface area contributed by atoms with Gasteiger partial charge in [-0.05, 0) is 18.2 Å². The summed E-state index contributed by atoms with van der Waals surface area (Å²) in [6, 6.07) is 4.30. The fourth-order valence-electron chi connectivity index (χ4n) is 3.59. The van der Waals surface area contributed by atoms with Crippen LogP contribution in [0.15, 0.2) is 18.2 Å². The van der Waals surface area contributed by atoms with Crippen LogP contribution in [-0.4, -0.2) is 44.0 Å². The molecule has 2 saturated heterocycles. The molecule has 1 atom stereocenters. The lowest BCUT2D eigenvalue weighted by atomic mass is 9.95. The van der Waals surface area contributed by atoms with Gasteiger partial charge in [0.2, 0.25) is 5.91 Å². The number of nitrogens with zero attached hydrogens (tertiary/aromatic N) is 1. The van der Waals surface area contributed by atoms with E-state index in [1.54, 1.807) is 12.1 Å². The number of amides is 2. The van der Waals surface area contributed by atoms with Crippen LogP contribution in [0, 0.1) is 5.92 Å². The van der Waals surface area contributed by atoms with Gasteiger partial charge in [0.05, 0.1) is 48.3 Å². The number of nitrogens with one attached hydrogen (secondary N) is 1. The zero-order valence-corrected chi connectivity index (χ0v) is 15.3. The number of imide groups is 1. The number of halogens is 2. The summed E-state index contributed by atoms with van der Waals surface area (Å²) in [6.45, 7) is 1.33. The van der Waals surface area contributed by atoms with E-state index in [1.165, 1.54) is 18.1 Å². The SMILES string of the molecule is COC(=O)C1CC[NH+]([C@H]2CC(=O)N(c3ccc(Cl)c(Cl)c3)C2=O)CC1. The smallest absolute Gasteiger partial charge is 0.309 e. The molecule has 2 aliphatic heterocycles. The summed E-state index contributed by atoms with van der Waals surface area (Å²) in [5.41, 5.74) is 0.441. The number of hydrogen-bond acceptors (Lipinski definition) is 4. The highest BCUT2D eigenvalue weighted by Gasteiger charge is 2.47. The zero-order chi connectivity index (χ0) is 18.1. The topological polar surface area (TPSA) is 68.1 Å². The van der Waals surface area contributed by atoms with Crippen LogP contribution >= 0.6 is 23.2 Å². The summed E-state index contributed by atoms with van der Waals surface area (Å²) >= 11 is 11.9. The first kappa shape index (κ1) is 18.2. The van der Waals surface area contributed by atoms with E-state index < -0.39 is 6.04 Å². The first-order valence-electron chi connectivity index (χ1n) is 8.16. The van der Waals surface area contributed by atoms with Gasteiger partial charge in [-0.3, -0.25) is 14.4 Å². The quantitative estimate of drug-likeness (QED) is 0.624. The number of hydrogen-bond donors (Lipinski definition) is 1. The summed E-state index contributed by atoms with van der Waals surface area (Å²) in [5.74, 6) is -0.789. The van der Waals surface area contributed by atoms with Crippen molar-refractivity contribution in [2.45, 2.75) is 25.3 Å². The van der Waals surface area contributed by atoms with Crippen molar-refractivity contribution < 1.29 is 24.0 Å². The number of rotatable bonds is 3. The van der Waals surface area contributed by atoms with Crippen molar-refractivity contribution in [2.24, 2.45) is 5.92 Å². The van der Waals surface area contributed by atoms with E-state index in [-0.39, 0.29) is 30.1 Å². The molecule has 2 fully saturated rings. The number of anilines is 1. The van der Waals surface area contributed by atoms with E-state index in [4.69, 9.17) is 27.9 Å². The Morgan fingerprint density at radius 1 is 1.20 bits per heavy atom. The van der Waals surface area contributed by atoms with Crippen molar-refractivity contribution in [3.63, 3.8) is 0 Å². The van der Waals surface area contributed by atoms with Crippen LogP contribution in [0.4, 0.5) is 5.69 Å². The summed E-state index contributed by atoms with van der Waals surface area (Å²) in [7, 11) is 1.38. The normalized spacial score (nSPS) is 26.8. The van der Waals surface area contributed by atoms with Crippen molar-refractivity contribution in [1.29, 1.82) is 0 Å². The van der Waals surface area contributed by atoms with E-state index in [1.807, 2.05) is 0 Å². The largest absolute Gasteiger partial charge is 0.469 e. The molecular formula is C17H19Cl2N2O4+. The second-order valence-electron chi connectivity index (χ2n) is 6.38. The molecule has 1 aromatic carbocycles. The summed E-state index contributed by atoms with van der Waals surface area (Å²) in [5, 5.41) is 0.672. The fourth-order valence-corrected chi connectivity index (χ4v) is 3.88. The van der Waals surface area contributed by atoms with Gasteiger partial charge < -0.3 is 9.64 Å². The highest BCUT2D eigenvalue weighted by atomic mass is 35.5.